The van der Waals surface area contributed by atoms with Crippen LogP contribution in [0.2, 0.25) is 0 Å². The van der Waals surface area contributed by atoms with Crippen LogP contribution in [-0.4, -0.2) is 15.2 Å². The van der Waals surface area contributed by atoms with Gasteiger partial charge in [-0.25, -0.2) is 4.98 Å². The van der Waals surface area contributed by atoms with Crippen molar-refractivity contribution in [3.8, 4) is 0 Å². The zero-order valence-electron chi connectivity index (χ0n) is 9.47. The minimum Gasteiger partial charge on any atom is -0.262 e. The largest absolute Gasteiger partial charge is 0.262 e. The van der Waals surface area contributed by atoms with Crippen LogP contribution in [0.4, 0.5) is 0 Å². The molecule has 0 atom stereocenters. The standard InChI is InChI=1S/C12H15N3S/c1-9(2)11-13-12(15-14-11)16-8-10-6-4-3-5-7-10/h3-7,9H,8H2,1-2H3,(H,13,14,15). The molecule has 0 spiro atoms. The maximum absolute atomic E-state index is 4.42. The highest BCUT2D eigenvalue weighted by Crippen LogP contribution is 2.20. The molecule has 0 unspecified atom stereocenters. The summed E-state index contributed by atoms with van der Waals surface area (Å²) in [6.45, 7) is 4.21. The Balaban J connectivity index is 1.95. The van der Waals surface area contributed by atoms with Crippen LogP contribution in [0.3, 0.4) is 0 Å². The van der Waals surface area contributed by atoms with Gasteiger partial charge in [-0.3, -0.25) is 5.10 Å². The lowest BCUT2D eigenvalue weighted by atomic mass is 10.2. The predicted molar refractivity (Wildman–Crippen MR) is 66.5 cm³/mol. The molecule has 0 radical (unpaired) electrons. The van der Waals surface area contributed by atoms with Crippen molar-refractivity contribution in [2.24, 2.45) is 0 Å². The monoisotopic (exact) mass is 233 g/mol. The number of hydrogen-bond donors (Lipinski definition) is 1. The summed E-state index contributed by atoms with van der Waals surface area (Å²) in [5.74, 6) is 2.27. The van der Waals surface area contributed by atoms with Gasteiger partial charge in [0.25, 0.3) is 0 Å². The van der Waals surface area contributed by atoms with E-state index in [9.17, 15) is 0 Å². The predicted octanol–water partition coefficient (Wildman–Crippen LogP) is 3.22. The number of aromatic nitrogens is 3. The van der Waals surface area contributed by atoms with Crippen LogP contribution in [0.5, 0.6) is 0 Å². The van der Waals surface area contributed by atoms with Gasteiger partial charge in [-0.1, -0.05) is 55.9 Å². The molecule has 4 heteroatoms. The Labute approximate surface area is 99.7 Å². The fraction of sp³-hybridized carbons (Fsp3) is 0.333. The quantitative estimate of drug-likeness (QED) is 0.824. The molecule has 0 aliphatic carbocycles. The van der Waals surface area contributed by atoms with Crippen molar-refractivity contribution in [3.63, 3.8) is 0 Å². The van der Waals surface area contributed by atoms with Crippen LogP contribution in [0.25, 0.3) is 0 Å². The molecule has 2 aromatic rings. The van der Waals surface area contributed by atoms with Gasteiger partial charge in [-0.2, -0.15) is 0 Å². The molecule has 0 bridgehead atoms. The number of H-pyrrole nitrogens is 1. The van der Waals surface area contributed by atoms with Crippen molar-refractivity contribution in [3.05, 3.63) is 41.7 Å². The highest BCUT2D eigenvalue weighted by molar-refractivity contribution is 7.98. The van der Waals surface area contributed by atoms with E-state index in [2.05, 4.69) is 41.2 Å². The Morgan fingerprint density at radius 2 is 2.00 bits per heavy atom. The lowest BCUT2D eigenvalue weighted by Crippen LogP contribution is -1.89. The first kappa shape index (κ1) is 11.2. The molecule has 0 amide bonds. The number of nitrogens with zero attached hydrogens (tertiary/aromatic N) is 2. The van der Waals surface area contributed by atoms with E-state index < -0.39 is 0 Å². The topological polar surface area (TPSA) is 41.6 Å². The lowest BCUT2D eigenvalue weighted by molar-refractivity contribution is 0.780. The number of thioether (sulfide) groups is 1. The second-order valence-corrected chi connectivity index (χ2v) is 4.87. The molecule has 0 aliphatic rings. The Morgan fingerprint density at radius 1 is 1.25 bits per heavy atom. The molecule has 0 aliphatic heterocycles. The maximum atomic E-state index is 4.42. The fourth-order valence-electron chi connectivity index (χ4n) is 1.30. The minimum absolute atomic E-state index is 0.401. The summed E-state index contributed by atoms with van der Waals surface area (Å²) in [5.41, 5.74) is 1.29. The van der Waals surface area contributed by atoms with Gasteiger partial charge in [0.2, 0.25) is 5.16 Å². The highest BCUT2D eigenvalue weighted by Gasteiger charge is 2.06. The summed E-state index contributed by atoms with van der Waals surface area (Å²) in [7, 11) is 0. The third-order valence-electron chi connectivity index (χ3n) is 2.24. The highest BCUT2D eigenvalue weighted by atomic mass is 32.2. The molecule has 16 heavy (non-hydrogen) atoms. The van der Waals surface area contributed by atoms with Crippen LogP contribution in [0.1, 0.15) is 31.2 Å². The molecule has 1 aromatic heterocycles. The van der Waals surface area contributed by atoms with Crippen molar-refractivity contribution in [1.82, 2.24) is 15.2 Å². The molecular weight excluding hydrogens is 218 g/mol. The van der Waals surface area contributed by atoms with E-state index in [1.54, 1.807) is 11.8 Å². The van der Waals surface area contributed by atoms with E-state index in [4.69, 9.17) is 0 Å². The summed E-state index contributed by atoms with van der Waals surface area (Å²) < 4.78 is 0. The van der Waals surface area contributed by atoms with Crippen molar-refractivity contribution in [2.75, 3.05) is 0 Å². The van der Waals surface area contributed by atoms with Gasteiger partial charge in [0.1, 0.15) is 5.82 Å². The SMILES string of the molecule is CC(C)c1nc(SCc2ccccc2)n[nH]1. The molecule has 0 saturated heterocycles. The fourth-order valence-corrected chi connectivity index (χ4v) is 2.06. The van der Waals surface area contributed by atoms with Gasteiger partial charge < -0.3 is 0 Å². The van der Waals surface area contributed by atoms with Crippen molar-refractivity contribution in [2.45, 2.75) is 30.7 Å². The van der Waals surface area contributed by atoms with Crippen LogP contribution in [0, 0.1) is 0 Å². The Morgan fingerprint density at radius 3 is 2.62 bits per heavy atom. The molecule has 0 saturated carbocycles. The van der Waals surface area contributed by atoms with E-state index >= 15 is 0 Å². The molecule has 84 valence electrons. The summed E-state index contributed by atoms with van der Waals surface area (Å²) in [5, 5.41) is 7.97. The van der Waals surface area contributed by atoms with Crippen molar-refractivity contribution >= 4 is 11.8 Å². The first-order chi connectivity index (χ1) is 7.75. The van der Waals surface area contributed by atoms with E-state index in [1.807, 2.05) is 18.2 Å². The number of aromatic amines is 1. The first-order valence-electron chi connectivity index (χ1n) is 5.34. The van der Waals surface area contributed by atoms with Gasteiger partial charge in [0.05, 0.1) is 0 Å². The molecule has 2 rings (SSSR count). The van der Waals surface area contributed by atoms with Gasteiger partial charge >= 0.3 is 0 Å². The van der Waals surface area contributed by atoms with Crippen LogP contribution >= 0.6 is 11.8 Å². The normalized spacial score (nSPS) is 10.9. The average molecular weight is 233 g/mol. The third-order valence-corrected chi connectivity index (χ3v) is 3.16. The number of benzene rings is 1. The number of hydrogen-bond acceptors (Lipinski definition) is 3. The Bertz CT molecular complexity index is 437. The summed E-state index contributed by atoms with van der Waals surface area (Å²) in [4.78, 5) is 4.42. The molecule has 1 aromatic carbocycles. The molecule has 0 fully saturated rings. The Kier molecular flexibility index (Phi) is 3.62. The van der Waals surface area contributed by atoms with E-state index in [1.165, 1.54) is 5.56 Å². The minimum atomic E-state index is 0.401. The van der Waals surface area contributed by atoms with E-state index in [0.29, 0.717) is 5.92 Å². The second kappa shape index (κ2) is 5.16. The lowest BCUT2D eigenvalue weighted by Gasteiger charge is -1.97. The van der Waals surface area contributed by atoms with Crippen LogP contribution in [0.15, 0.2) is 35.5 Å². The second-order valence-electron chi connectivity index (χ2n) is 3.93. The zero-order valence-corrected chi connectivity index (χ0v) is 10.3. The molecule has 3 nitrogen and oxygen atoms in total. The maximum Gasteiger partial charge on any atom is 0.208 e. The van der Waals surface area contributed by atoms with Gasteiger partial charge in [0.15, 0.2) is 0 Å². The van der Waals surface area contributed by atoms with E-state index in [-0.39, 0.29) is 0 Å². The molecule has 1 N–H and O–H groups in total. The van der Waals surface area contributed by atoms with Gasteiger partial charge in [-0.15, -0.1) is 5.10 Å². The number of nitrogens with one attached hydrogen (secondary N) is 1. The third kappa shape index (κ3) is 2.85. The average Bonchev–Trinajstić information content (AvgIpc) is 2.76. The summed E-state index contributed by atoms with van der Waals surface area (Å²) >= 11 is 1.66. The Hall–Kier alpha value is -1.29. The zero-order chi connectivity index (χ0) is 11.4. The summed E-state index contributed by atoms with van der Waals surface area (Å²) in [6.07, 6.45) is 0. The number of rotatable bonds is 4. The van der Waals surface area contributed by atoms with Gasteiger partial charge in [0, 0.05) is 11.7 Å². The van der Waals surface area contributed by atoms with Crippen molar-refractivity contribution < 1.29 is 0 Å². The van der Waals surface area contributed by atoms with Gasteiger partial charge in [-0.05, 0) is 5.56 Å². The molecule has 1 heterocycles. The first-order valence-corrected chi connectivity index (χ1v) is 6.33. The van der Waals surface area contributed by atoms with Crippen LogP contribution < -0.4 is 0 Å². The van der Waals surface area contributed by atoms with E-state index in [0.717, 1.165) is 16.7 Å². The smallest absolute Gasteiger partial charge is 0.208 e. The van der Waals surface area contributed by atoms with Crippen molar-refractivity contribution in [1.29, 1.82) is 0 Å². The summed E-state index contributed by atoms with van der Waals surface area (Å²) in [6, 6.07) is 10.4. The molecular formula is C12H15N3S. The van der Waals surface area contributed by atoms with Crippen LogP contribution in [-0.2, 0) is 5.75 Å².